The van der Waals surface area contributed by atoms with Crippen molar-refractivity contribution in [3.05, 3.63) is 15.9 Å². The number of nitrogens with zero attached hydrogens (tertiary/aromatic N) is 2. The number of nitrogens with two attached hydrogens (primary N) is 1. The number of hydrogen-bond donors (Lipinski definition) is 1. The lowest BCUT2D eigenvalue weighted by Gasteiger charge is -2.11. The number of Topliss-reactive ketones (excluding diaryl/α,β-unsaturated/α-hetero) is 1. The lowest BCUT2D eigenvalue weighted by Crippen LogP contribution is -2.34. The van der Waals surface area contributed by atoms with Gasteiger partial charge in [0.2, 0.25) is 0 Å². The second-order valence-electron chi connectivity index (χ2n) is 4.83. The summed E-state index contributed by atoms with van der Waals surface area (Å²) in [6, 6.07) is -0.767. The highest BCUT2D eigenvalue weighted by molar-refractivity contribution is 9.10. The van der Waals surface area contributed by atoms with Gasteiger partial charge in [0.1, 0.15) is 9.84 Å². The summed E-state index contributed by atoms with van der Waals surface area (Å²) >= 11 is 3.42. The second-order valence-corrected chi connectivity index (χ2v) is 7.88. The molecule has 20 heavy (non-hydrogen) atoms. The molecule has 1 aromatic rings. The van der Waals surface area contributed by atoms with Crippen molar-refractivity contribution in [3.63, 3.8) is 0 Å². The summed E-state index contributed by atoms with van der Waals surface area (Å²) in [7, 11) is -3.10. The standard InChI is InChI=1S/C12H20BrN3O3S/c1-4-16-10(12(13)8(2)15-16)7-11(17)9(14)5-6-20(3,18)19/h9H,4-7,14H2,1-3H3. The van der Waals surface area contributed by atoms with Gasteiger partial charge in [-0.05, 0) is 36.2 Å². The Morgan fingerprint density at radius 2 is 2.10 bits per heavy atom. The van der Waals surface area contributed by atoms with Crippen LogP contribution in [0.1, 0.15) is 24.7 Å². The van der Waals surface area contributed by atoms with Crippen LogP contribution in [0.15, 0.2) is 4.47 Å². The van der Waals surface area contributed by atoms with Crippen LogP contribution in [-0.4, -0.2) is 42.0 Å². The molecule has 0 bridgehead atoms. The Balaban J connectivity index is 2.76. The number of ketones is 1. The van der Waals surface area contributed by atoms with Gasteiger partial charge in [0.15, 0.2) is 5.78 Å². The molecule has 114 valence electrons. The number of sulfone groups is 1. The highest BCUT2D eigenvalue weighted by Crippen LogP contribution is 2.22. The first-order valence-electron chi connectivity index (χ1n) is 6.33. The van der Waals surface area contributed by atoms with Crippen LogP contribution >= 0.6 is 15.9 Å². The van der Waals surface area contributed by atoms with E-state index in [2.05, 4.69) is 21.0 Å². The third-order valence-electron chi connectivity index (χ3n) is 3.01. The van der Waals surface area contributed by atoms with E-state index in [0.717, 1.165) is 22.1 Å². The van der Waals surface area contributed by atoms with Crippen molar-refractivity contribution in [1.29, 1.82) is 0 Å². The molecule has 1 aromatic heterocycles. The summed E-state index contributed by atoms with van der Waals surface area (Å²) in [5.41, 5.74) is 7.36. The zero-order chi connectivity index (χ0) is 15.5. The molecule has 0 aromatic carbocycles. The minimum absolute atomic E-state index is 0.0762. The number of hydrogen-bond acceptors (Lipinski definition) is 5. The number of carbonyl (C=O) groups excluding carboxylic acids is 1. The van der Waals surface area contributed by atoms with E-state index < -0.39 is 15.9 Å². The minimum Gasteiger partial charge on any atom is -0.321 e. The third kappa shape index (κ3) is 4.68. The van der Waals surface area contributed by atoms with E-state index in [1.807, 2.05) is 13.8 Å². The minimum atomic E-state index is -3.10. The SMILES string of the molecule is CCn1nc(C)c(Br)c1CC(=O)C(N)CCS(C)(=O)=O. The van der Waals surface area contributed by atoms with Crippen LogP contribution in [0.4, 0.5) is 0 Å². The molecular weight excluding hydrogens is 346 g/mol. The molecule has 1 atom stereocenters. The fraction of sp³-hybridized carbons (Fsp3) is 0.667. The molecule has 8 heteroatoms. The van der Waals surface area contributed by atoms with Crippen LogP contribution in [0.2, 0.25) is 0 Å². The van der Waals surface area contributed by atoms with E-state index >= 15 is 0 Å². The highest BCUT2D eigenvalue weighted by atomic mass is 79.9. The predicted octanol–water partition coefficient (Wildman–Crippen LogP) is 0.848. The number of carbonyl (C=O) groups is 1. The Morgan fingerprint density at radius 1 is 1.50 bits per heavy atom. The summed E-state index contributed by atoms with van der Waals surface area (Å²) < 4.78 is 24.7. The fourth-order valence-electron chi connectivity index (χ4n) is 1.84. The summed E-state index contributed by atoms with van der Waals surface area (Å²) in [4.78, 5) is 12.1. The number of aryl methyl sites for hydroxylation is 2. The molecule has 0 aliphatic carbocycles. The van der Waals surface area contributed by atoms with Crippen molar-refractivity contribution in [2.24, 2.45) is 5.73 Å². The Hall–Kier alpha value is -0.730. The summed E-state index contributed by atoms with van der Waals surface area (Å²) in [6.07, 6.45) is 1.44. The Kier molecular flexibility index (Phi) is 5.91. The second kappa shape index (κ2) is 6.82. The largest absolute Gasteiger partial charge is 0.321 e. The van der Waals surface area contributed by atoms with E-state index in [-0.39, 0.29) is 24.4 Å². The molecule has 0 saturated carbocycles. The molecule has 0 saturated heterocycles. The molecule has 0 radical (unpaired) electrons. The first-order valence-corrected chi connectivity index (χ1v) is 9.18. The van der Waals surface area contributed by atoms with Gasteiger partial charge in [-0.15, -0.1) is 0 Å². The smallest absolute Gasteiger partial charge is 0.155 e. The summed E-state index contributed by atoms with van der Waals surface area (Å²) in [5, 5.41) is 4.31. The molecule has 0 fully saturated rings. The Morgan fingerprint density at radius 3 is 2.60 bits per heavy atom. The van der Waals surface area contributed by atoms with Crippen LogP contribution in [0.5, 0.6) is 0 Å². The van der Waals surface area contributed by atoms with Crippen LogP contribution < -0.4 is 5.73 Å². The van der Waals surface area contributed by atoms with Crippen molar-refractivity contribution in [3.8, 4) is 0 Å². The lowest BCUT2D eigenvalue weighted by molar-refractivity contribution is -0.119. The van der Waals surface area contributed by atoms with Gasteiger partial charge in [-0.3, -0.25) is 9.48 Å². The van der Waals surface area contributed by atoms with Gasteiger partial charge in [-0.25, -0.2) is 8.42 Å². The Labute approximate surface area is 127 Å². The topological polar surface area (TPSA) is 95.0 Å². The van der Waals surface area contributed by atoms with Gasteiger partial charge in [0.25, 0.3) is 0 Å². The van der Waals surface area contributed by atoms with Gasteiger partial charge in [0.05, 0.1) is 34.1 Å². The molecular formula is C12H20BrN3O3S. The van der Waals surface area contributed by atoms with Gasteiger partial charge >= 0.3 is 0 Å². The van der Waals surface area contributed by atoms with Gasteiger partial charge < -0.3 is 5.73 Å². The van der Waals surface area contributed by atoms with Crippen LogP contribution in [0.3, 0.4) is 0 Å². The molecule has 0 aliphatic rings. The quantitative estimate of drug-likeness (QED) is 0.772. The number of halogens is 1. The number of rotatable bonds is 7. The van der Waals surface area contributed by atoms with Crippen LogP contribution in [-0.2, 0) is 27.6 Å². The molecule has 0 aliphatic heterocycles. The van der Waals surface area contributed by atoms with E-state index in [9.17, 15) is 13.2 Å². The van der Waals surface area contributed by atoms with Crippen molar-refractivity contribution in [2.45, 2.75) is 39.3 Å². The maximum Gasteiger partial charge on any atom is 0.155 e. The first kappa shape index (κ1) is 17.3. The molecule has 0 amide bonds. The van der Waals surface area contributed by atoms with Gasteiger partial charge in [-0.2, -0.15) is 5.10 Å². The van der Waals surface area contributed by atoms with Crippen LogP contribution in [0.25, 0.3) is 0 Å². The highest BCUT2D eigenvalue weighted by Gasteiger charge is 2.20. The van der Waals surface area contributed by atoms with Crippen molar-refractivity contribution in [1.82, 2.24) is 9.78 Å². The lowest BCUT2D eigenvalue weighted by atomic mass is 10.1. The molecule has 2 N–H and O–H groups in total. The molecule has 6 nitrogen and oxygen atoms in total. The normalized spacial score (nSPS) is 13.4. The third-order valence-corrected chi connectivity index (χ3v) is 5.02. The summed E-state index contributed by atoms with van der Waals surface area (Å²) in [5.74, 6) is -0.253. The zero-order valence-electron chi connectivity index (χ0n) is 11.9. The predicted molar refractivity (Wildman–Crippen MR) is 81.4 cm³/mol. The van der Waals surface area contributed by atoms with E-state index in [1.54, 1.807) is 4.68 Å². The maximum absolute atomic E-state index is 12.1. The molecule has 1 unspecified atom stereocenters. The summed E-state index contributed by atoms with van der Waals surface area (Å²) in [6.45, 7) is 4.46. The average Bonchev–Trinajstić information content (AvgIpc) is 2.62. The van der Waals surface area contributed by atoms with E-state index in [0.29, 0.717) is 6.54 Å². The van der Waals surface area contributed by atoms with Gasteiger partial charge in [-0.1, -0.05) is 0 Å². The average molecular weight is 366 g/mol. The maximum atomic E-state index is 12.1. The fourth-order valence-corrected chi connectivity index (χ4v) is 2.94. The molecule has 0 spiro atoms. The number of aromatic nitrogens is 2. The zero-order valence-corrected chi connectivity index (χ0v) is 14.3. The Bertz CT molecular complexity index is 595. The molecule has 1 heterocycles. The van der Waals surface area contributed by atoms with Crippen molar-refractivity contribution < 1.29 is 13.2 Å². The van der Waals surface area contributed by atoms with Crippen LogP contribution in [0, 0.1) is 6.92 Å². The van der Waals surface area contributed by atoms with Gasteiger partial charge in [0, 0.05) is 12.8 Å². The first-order chi connectivity index (χ1) is 9.15. The van der Waals surface area contributed by atoms with E-state index in [4.69, 9.17) is 5.73 Å². The van der Waals surface area contributed by atoms with Crippen molar-refractivity contribution in [2.75, 3.05) is 12.0 Å². The van der Waals surface area contributed by atoms with Crippen molar-refractivity contribution >= 4 is 31.6 Å². The molecule has 1 rings (SSSR count). The van der Waals surface area contributed by atoms with E-state index in [1.165, 1.54) is 0 Å². The monoisotopic (exact) mass is 365 g/mol.